The van der Waals surface area contributed by atoms with Gasteiger partial charge in [0.1, 0.15) is 0 Å². The molecule has 1 aliphatic rings. The molecule has 6 nitrogen and oxygen atoms in total. The van der Waals surface area contributed by atoms with E-state index in [9.17, 15) is 13.2 Å². The first-order valence-electron chi connectivity index (χ1n) is 8.44. The van der Waals surface area contributed by atoms with Crippen LogP contribution in [0.15, 0.2) is 47.6 Å². The standard InChI is InChI=1S/C18H17F3N6.HI/c1-22-17(26-9-8-12-4-2-3-5-14(12)26)23-10-16-25-24-15-7-6-13(11-27(15)16)18(19,20)21;/h2-7,11H,8-10H2,1H3,(H,22,23);1H. The van der Waals surface area contributed by atoms with E-state index in [0.717, 1.165) is 30.9 Å². The van der Waals surface area contributed by atoms with Crippen molar-refractivity contribution in [2.45, 2.75) is 19.1 Å². The van der Waals surface area contributed by atoms with Gasteiger partial charge in [0, 0.05) is 25.5 Å². The second-order valence-electron chi connectivity index (χ2n) is 6.19. The summed E-state index contributed by atoms with van der Waals surface area (Å²) in [5.41, 5.74) is 1.94. The van der Waals surface area contributed by atoms with Crippen molar-refractivity contribution in [1.82, 2.24) is 19.9 Å². The largest absolute Gasteiger partial charge is 0.417 e. The Hall–Kier alpha value is -2.37. The quantitative estimate of drug-likeness (QED) is 0.331. The van der Waals surface area contributed by atoms with Crippen LogP contribution in [0.5, 0.6) is 0 Å². The topological polar surface area (TPSA) is 57.8 Å². The van der Waals surface area contributed by atoms with Gasteiger partial charge in [-0.05, 0) is 30.2 Å². The summed E-state index contributed by atoms with van der Waals surface area (Å²) in [5.74, 6) is 1.02. The molecule has 0 saturated carbocycles. The molecule has 0 amide bonds. The van der Waals surface area contributed by atoms with Crippen molar-refractivity contribution in [2.24, 2.45) is 4.99 Å². The Morgan fingerprint density at radius 3 is 2.71 bits per heavy atom. The van der Waals surface area contributed by atoms with E-state index in [-0.39, 0.29) is 30.5 Å². The van der Waals surface area contributed by atoms with Gasteiger partial charge in [-0.15, -0.1) is 34.2 Å². The predicted octanol–water partition coefficient (Wildman–Crippen LogP) is 3.50. The molecule has 0 fully saturated rings. The number of fused-ring (bicyclic) bond motifs is 2. The number of hydrogen-bond acceptors (Lipinski definition) is 3. The highest BCUT2D eigenvalue weighted by Gasteiger charge is 2.31. The Kier molecular flexibility index (Phi) is 5.77. The van der Waals surface area contributed by atoms with Crippen LogP contribution in [0.25, 0.3) is 5.65 Å². The van der Waals surface area contributed by atoms with E-state index in [1.165, 1.54) is 16.0 Å². The van der Waals surface area contributed by atoms with Gasteiger partial charge in [0.15, 0.2) is 17.4 Å². The number of para-hydroxylation sites is 1. The molecule has 0 saturated heterocycles. The third kappa shape index (κ3) is 3.77. The minimum absolute atomic E-state index is 0. The van der Waals surface area contributed by atoms with Gasteiger partial charge in [0.2, 0.25) is 0 Å². The zero-order valence-corrected chi connectivity index (χ0v) is 17.3. The molecule has 28 heavy (non-hydrogen) atoms. The first-order chi connectivity index (χ1) is 13.0. The molecule has 0 bridgehead atoms. The lowest BCUT2D eigenvalue weighted by molar-refractivity contribution is -0.137. The van der Waals surface area contributed by atoms with Crippen molar-refractivity contribution in [3.05, 3.63) is 59.5 Å². The lowest BCUT2D eigenvalue weighted by Gasteiger charge is -2.22. The van der Waals surface area contributed by atoms with Crippen LogP contribution in [-0.2, 0) is 19.1 Å². The molecule has 4 rings (SSSR count). The molecular weight excluding hydrogens is 484 g/mol. The van der Waals surface area contributed by atoms with Crippen LogP contribution < -0.4 is 10.2 Å². The number of aromatic nitrogens is 3. The molecular formula is C18H18F3IN6. The van der Waals surface area contributed by atoms with E-state index in [4.69, 9.17) is 0 Å². The molecule has 3 heterocycles. The molecule has 3 aromatic rings. The first kappa shape index (κ1) is 20.4. The number of anilines is 1. The maximum absolute atomic E-state index is 13.0. The minimum atomic E-state index is -4.42. The zero-order chi connectivity index (χ0) is 19.0. The van der Waals surface area contributed by atoms with Gasteiger partial charge >= 0.3 is 6.18 Å². The summed E-state index contributed by atoms with van der Waals surface area (Å²) in [6, 6.07) is 10.4. The molecule has 1 N–H and O–H groups in total. The smallest absolute Gasteiger partial charge is 0.349 e. The SMILES string of the molecule is CN=C(NCc1nnc2ccc(C(F)(F)F)cn12)N1CCc2ccccc21.I. The van der Waals surface area contributed by atoms with E-state index in [0.29, 0.717) is 17.4 Å². The highest BCUT2D eigenvalue weighted by atomic mass is 127. The Morgan fingerprint density at radius 2 is 1.96 bits per heavy atom. The fourth-order valence-corrected chi connectivity index (χ4v) is 3.24. The van der Waals surface area contributed by atoms with Crippen LogP contribution in [-0.4, -0.2) is 34.2 Å². The van der Waals surface area contributed by atoms with Gasteiger partial charge in [-0.1, -0.05) is 18.2 Å². The molecule has 0 aliphatic carbocycles. The Balaban J connectivity index is 0.00000225. The predicted molar refractivity (Wildman–Crippen MR) is 111 cm³/mol. The van der Waals surface area contributed by atoms with E-state index in [1.54, 1.807) is 7.05 Å². The molecule has 2 aromatic heterocycles. The fourth-order valence-electron chi connectivity index (χ4n) is 3.24. The molecule has 1 aromatic carbocycles. The molecule has 0 radical (unpaired) electrons. The van der Waals surface area contributed by atoms with E-state index in [2.05, 4.69) is 31.5 Å². The monoisotopic (exact) mass is 502 g/mol. The summed E-state index contributed by atoms with van der Waals surface area (Å²) in [5, 5.41) is 11.1. The number of alkyl halides is 3. The lowest BCUT2D eigenvalue weighted by Crippen LogP contribution is -2.40. The van der Waals surface area contributed by atoms with E-state index >= 15 is 0 Å². The normalized spacial score (nSPS) is 14.1. The Labute approximate surface area is 176 Å². The van der Waals surface area contributed by atoms with Gasteiger partial charge in [0.25, 0.3) is 0 Å². The molecule has 148 valence electrons. The van der Waals surface area contributed by atoms with Gasteiger partial charge in [0.05, 0.1) is 12.1 Å². The van der Waals surface area contributed by atoms with Gasteiger partial charge in [-0.2, -0.15) is 13.2 Å². The second-order valence-corrected chi connectivity index (χ2v) is 6.19. The van der Waals surface area contributed by atoms with Crippen LogP contribution in [0.1, 0.15) is 17.0 Å². The zero-order valence-electron chi connectivity index (χ0n) is 14.9. The number of benzene rings is 1. The van der Waals surface area contributed by atoms with Crippen molar-refractivity contribution in [2.75, 3.05) is 18.5 Å². The number of nitrogens with zero attached hydrogens (tertiary/aromatic N) is 5. The highest BCUT2D eigenvalue weighted by molar-refractivity contribution is 14.0. The van der Waals surface area contributed by atoms with Crippen LogP contribution in [0.2, 0.25) is 0 Å². The van der Waals surface area contributed by atoms with Gasteiger partial charge < -0.3 is 10.2 Å². The average Bonchev–Trinajstić information content (AvgIpc) is 3.26. The maximum atomic E-state index is 13.0. The second kappa shape index (κ2) is 7.94. The first-order valence-corrected chi connectivity index (χ1v) is 8.44. The Morgan fingerprint density at radius 1 is 1.18 bits per heavy atom. The summed E-state index contributed by atoms with van der Waals surface area (Å²) in [6.45, 7) is 0.992. The van der Waals surface area contributed by atoms with E-state index < -0.39 is 11.7 Å². The van der Waals surface area contributed by atoms with E-state index in [1.807, 2.05) is 18.2 Å². The van der Waals surface area contributed by atoms with Crippen molar-refractivity contribution in [1.29, 1.82) is 0 Å². The number of hydrogen-bond donors (Lipinski definition) is 1. The fraction of sp³-hybridized carbons (Fsp3) is 0.278. The van der Waals surface area contributed by atoms with Crippen LogP contribution in [0.4, 0.5) is 18.9 Å². The van der Waals surface area contributed by atoms with Crippen molar-refractivity contribution < 1.29 is 13.2 Å². The number of halogens is 4. The summed E-state index contributed by atoms with van der Waals surface area (Å²) in [4.78, 5) is 6.35. The number of rotatable bonds is 2. The van der Waals surface area contributed by atoms with Crippen LogP contribution in [0.3, 0.4) is 0 Å². The highest BCUT2D eigenvalue weighted by Crippen LogP contribution is 2.29. The third-order valence-corrected chi connectivity index (χ3v) is 4.56. The Bertz CT molecular complexity index is 1010. The van der Waals surface area contributed by atoms with Gasteiger partial charge in [-0.3, -0.25) is 9.39 Å². The van der Waals surface area contributed by atoms with Crippen LogP contribution >= 0.6 is 24.0 Å². The maximum Gasteiger partial charge on any atom is 0.417 e. The summed E-state index contributed by atoms with van der Waals surface area (Å²) >= 11 is 0. The third-order valence-electron chi connectivity index (χ3n) is 4.56. The van der Waals surface area contributed by atoms with Crippen LogP contribution in [0, 0.1) is 0 Å². The summed E-state index contributed by atoms with van der Waals surface area (Å²) in [6.07, 6.45) is -2.49. The molecule has 1 aliphatic heterocycles. The summed E-state index contributed by atoms with van der Waals surface area (Å²) in [7, 11) is 1.67. The number of pyridine rings is 1. The van der Waals surface area contributed by atoms with Crippen molar-refractivity contribution >= 4 is 41.3 Å². The van der Waals surface area contributed by atoms with Crippen molar-refractivity contribution in [3.8, 4) is 0 Å². The summed E-state index contributed by atoms with van der Waals surface area (Å²) < 4.78 is 40.3. The molecule has 0 spiro atoms. The van der Waals surface area contributed by atoms with Crippen molar-refractivity contribution in [3.63, 3.8) is 0 Å². The minimum Gasteiger partial charge on any atom is -0.349 e. The lowest BCUT2D eigenvalue weighted by atomic mass is 10.2. The number of nitrogens with one attached hydrogen (secondary N) is 1. The molecule has 0 unspecified atom stereocenters. The average molecular weight is 502 g/mol. The molecule has 10 heteroatoms. The number of aliphatic imine (C=N–C) groups is 1. The molecule has 0 atom stereocenters. The number of guanidine groups is 1. The van der Waals surface area contributed by atoms with Gasteiger partial charge in [-0.25, -0.2) is 0 Å².